The fourth-order valence-corrected chi connectivity index (χ4v) is 3.90. The van der Waals surface area contributed by atoms with Gasteiger partial charge in [0.05, 0.1) is 5.56 Å². The molecule has 0 aromatic heterocycles. The maximum atomic E-state index is 12.1. The molecule has 0 aliphatic carbocycles. The summed E-state index contributed by atoms with van der Waals surface area (Å²) >= 11 is 0. The van der Waals surface area contributed by atoms with Crippen molar-refractivity contribution in [3.05, 3.63) is 48.6 Å². The second-order valence-electron chi connectivity index (χ2n) is 8.64. The molecule has 0 spiro atoms. The monoisotopic (exact) mass is 414 g/mol. The third-order valence-corrected chi connectivity index (χ3v) is 5.87. The number of hydrogen-bond donors (Lipinski definition) is 0. The normalized spacial score (nSPS) is 11.9. The molecule has 0 saturated heterocycles. The zero-order chi connectivity index (χ0) is 21.7. The van der Waals surface area contributed by atoms with Crippen LogP contribution >= 0.6 is 0 Å². The Bertz CT molecular complexity index is 523. The average Bonchev–Trinajstić information content (AvgIpc) is 2.78. The van der Waals surface area contributed by atoms with Crippen LogP contribution in [0.5, 0.6) is 0 Å². The zero-order valence-electron chi connectivity index (χ0n) is 19.6. The minimum Gasteiger partial charge on any atom is -0.455 e. The number of esters is 1. The van der Waals surface area contributed by atoms with Crippen LogP contribution in [0.3, 0.4) is 0 Å². The van der Waals surface area contributed by atoms with E-state index < -0.39 is 0 Å². The predicted octanol–water partition coefficient (Wildman–Crippen LogP) is 9.05. The number of ether oxygens (including phenoxy) is 1. The Balaban J connectivity index is 1.88. The molecule has 1 aromatic carbocycles. The maximum absolute atomic E-state index is 12.1. The van der Waals surface area contributed by atoms with Crippen molar-refractivity contribution in [3.8, 4) is 0 Å². The van der Waals surface area contributed by atoms with Crippen LogP contribution in [0.15, 0.2) is 43.0 Å². The molecule has 0 aliphatic rings. The standard InChI is InChI=1S/C28H46O2/c1-3-5-6-7-8-9-10-11-12-13-14-15-16-17-18-22-25-27(4-2)30-28(29)26-23-20-19-21-24-26/h4,19-21,23-24,27H,2-3,5-18,22,25H2,1H3/t27-/m1/s1. The molecule has 0 heterocycles. The molecule has 0 radical (unpaired) electrons. The number of carbonyl (C=O) groups excluding carboxylic acids is 1. The number of hydrogen-bond acceptors (Lipinski definition) is 2. The third kappa shape index (κ3) is 14.4. The van der Waals surface area contributed by atoms with Crippen LogP contribution in [-0.2, 0) is 4.74 Å². The fourth-order valence-electron chi connectivity index (χ4n) is 3.90. The summed E-state index contributed by atoms with van der Waals surface area (Å²) in [6.07, 6.45) is 24.3. The summed E-state index contributed by atoms with van der Waals surface area (Å²) in [5.41, 5.74) is 0.608. The van der Waals surface area contributed by atoms with Gasteiger partial charge in [0.2, 0.25) is 0 Å². The number of benzene rings is 1. The smallest absolute Gasteiger partial charge is 0.338 e. The first-order chi connectivity index (χ1) is 14.8. The Morgan fingerprint density at radius 2 is 1.20 bits per heavy atom. The van der Waals surface area contributed by atoms with Gasteiger partial charge >= 0.3 is 5.97 Å². The summed E-state index contributed by atoms with van der Waals surface area (Å²) in [5.74, 6) is -0.253. The van der Waals surface area contributed by atoms with Crippen LogP contribution in [0, 0.1) is 0 Å². The van der Waals surface area contributed by atoms with Gasteiger partial charge in [-0.2, -0.15) is 0 Å². The molecule has 2 heteroatoms. The minimum atomic E-state index is -0.253. The Kier molecular flexibility index (Phi) is 17.1. The van der Waals surface area contributed by atoms with E-state index >= 15 is 0 Å². The van der Waals surface area contributed by atoms with Crippen LogP contribution < -0.4 is 0 Å². The minimum absolute atomic E-state index is 0.177. The van der Waals surface area contributed by atoms with Crippen molar-refractivity contribution in [1.29, 1.82) is 0 Å². The van der Waals surface area contributed by atoms with E-state index in [9.17, 15) is 4.79 Å². The molecule has 0 fully saturated rings. The van der Waals surface area contributed by atoms with Gasteiger partial charge in [-0.1, -0.05) is 134 Å². The molecule has 0 unspecified atom stereocenters. The lowest BCUT2D eigenvalue weighted by atomic mass is 10.0. The van der Waals surface area contributed by atoms with E-state index in [0.29, 0.717) is 5.56 Å². The summed E-state index contributed by atoms with van der Waals surface area (Å²) in [4.78, 5) is 12.1. The molecule has 170 valence electrons. The van der Waals surface area contributed by atoms with Crippen molar-refractivity contribution < 1.29 is 9.53 Å². The van der Waals surface area contributed by atoms with Gasteiger partial charge in [-0.15, -0.1) is 0 Å². The highest BCUT2D eigenvalue weighted by Crippen LogP contribution is 2.15. The van der Waals surface area contributed by atoms with E-state index in [0.717, 1.165) is 12.8 Å². The number of carbonyl (C=O) groups is 1. The van der Waals surface area contributed by atoms with Crippen molar-refractivity contribution in [2.45, 2.75) is 122 Å². The lowest BCUT2D eigenvalue weighted by Gasteiger charge is -2.14. The van der Waals surface area contributed by atoms with E-state index in [-0.39, 0.29) is 12.1 Å². The molecule has 0 amide bonds. The van der Waals surface area contributed by atoms with E-state index in [1.807, 2.05) is 18.2 Å². The van der Waals surface area contributed by atoms with Crippen LogP contribution in [0.25, 0.3) is 0 Å². The Morgan fingerprint density at radius 1 is 0.767 bits per heavy atom. The average molecular weight is 415 g/mol. The molecule has 2 nitrogen and oxygen atoms in total. The molecule has 30 heavy (non-hydrogen) atoms. The second kappa shape index (κ2) is 19.4. The number of rotatable bonds is 20. The first-order valence-electron chi connectivity index (χ1n) is 12.7. The molecular weight excluding hydrogens is 368 g/mol. The van der Waals surface area contributed by atoms with Crippen molar-refractivity contribution in [3.63, 3.8) is 0 Å². The largest absolute Gasteiger partial charge is 0.455 e. The highest BCUT2D eigenvalue weighted by molar-refractivity contribution is 5.89. The first-order valence-corrected chi connectivity index (χ1v) is 12.7. The van der Waals surface area contributed by atoms with E-state index in [2.05, 4.69) is 13.5 Å². The van der Waals surface area contributed by atoms with Gasteiger partial charge in [-0.3, -0.25) is 0 Å². The summed E-state index contributed by atoms with van der Waals surface area (Å²) in [6, 6.07) is 9.19. The lowest BCUT2D eigenvalue weighted by Crippen LogP contribution is -2.16. The lowest BCUT2D eigenvalue weighted by molar-refractivity contribution is 0.0376. The van der Waals surface area contributed by atoms with Crippen LogP contribution in [0.4, 0.5) is 0 Å². The summed E-state index contributed by atoms with van der Waals surface area (Å²) in [7, 11) is 0. The third-order valence-electron chi connectivity index (χ3n) is 5.87. The van der Waals surface area contributed by atoms with Crippen molar-refractivity contribution in [2.24, 2.45) is 0 Å². The van der Waals surface area contributed by atoms with Crippen LogP contribution in [0.2, 0.25) is 0 Å². The van der Waals surface area contributed by atoms with Crippen LogP contribution in [-0.4, -0.2) is 12.1 Å². The zero-order valence-corrected chi connectivity index (χ0v) is 19.6. The van der Waals surface area contributed by atoms with Crippen molar-refractivity contribution >= 4 is 5.97 Å². The van der Waals surface area contributed by atoms with E-state index in [1.165, 1.54) is 96.3 Å². The SMILES string of the molecule is C=C[C@H](CCCCCCCCCCCCCCCCCC)OC(=O)c1ccccc1. The predicted molar refractivity (Wildman–Crippen MR) is 130 cm³/mol. The molecule has 1 rings (SSSR count). The van der Waals surface area contributed by atoms with Gasteiger partial charge in [0.25, 0.3) is 0 Å². The van der Waals surface area contributed by atoms with Crippen LogP contribution in [0.1, 0.15) is 126 Å². The fraction of sp³-hybridized carbons (Fsp3) is 0.679. The highest BCUT2D eigenvalue weighted by Gasteiger charge is 2.12. The van der Waals surface area contributed by atoms with Crippen molar-refractivity contribution in [2.75, 3.05) is 0 Å². The highest BCUT2D eigenvalue weighted by atomic mass is 16.5. The van der Waals surface area contributed by atoms with Gasteiger partial charge in [-0.05, 0) is 25.0 Å². The first kappa shape index (κ1) is 26.5. The molecule has 0 bridgehead atoms. The van der Waals surface area contributed by atoms with E-state index in [4.69, 9.17) is 4.74 Å². The van der Waals surface area contributed by atoms with Gasteiger partial charge in [0, 0.05) is 0 Å². The molecular formula is C28H46O2. The van der Waals surface area contributed by atoms with Gasteiger partial charge < -0.3 is 4.74 Å². The maximum Gasteiger partial charge on any atom is 0.338 e. The Morgan fingerprint density at radius 3 is 1.63 bits per heavy atom. The molecule has 1 aromatic rings. The summed E-state index contributed by atoms with van der Waals surface area (Å²) in [5, 5.41) is 0. The second-order valence-corrected chi connectivity index (χ2v) is 8.64. The summed E-state index contributed by atoms with van der Waals surface area (Å²) < 4.78 is 5.55. The molecule has 1 atom stereocenters. The van der Waals surface area contributed by atoms with Gasteiger partial charge in [0.15, 0.2) is 0 Å². The van der Waals surface area contributed by atoms with Crippen molar-refractivity contribution in [1.82, 2.24) is 0 Å². The molecule has 0 saturated carbocycles. The topological polar surface area (TPSA) is 26.3 Å². The molecule has 0 aliphatic heterocycles. The Hall–Kier alpha value is -1.57. The molecule has 0 N–H and O–H groups in total. The quantitative estimate of drug-likeness (QED) is 0.121. The van der Waals surface area contributed by atoms with Gasteiger partial charge in [0.1, 0.15) is 6.10 Å². The number of unbranched alkanes of at least 4 members (excludes halogenated alkanes) is 15. The van der Waals surface area contributed by atoms with Gasteiger partial charge in [-0.25, -0.2) is 4.79 Å². The summed E-state index contributed by atoms with van der Waals surface area (Å²) in [6.45, 7) is 6.10. The Labute approximate surface area is 186 Å². The van der Waals surface area contributed by atoms with E-state index in [1.54, 1.807) is 18.2 Å².